The predicted molar refractivity (Wildman–Crippen MR) is 75.8 cm³/mol. The van der Waals surface area contributed by atoms with Crippen LogP contribution in [-0.2, 0) is 5.54 Å². The van der Waals surface area contributed by atoms with Crippen molar-refractivity contribution in [3.63, 3.8) is 0 Å². The van der Waals surface area contributed by atoms with Crippen molar-refractivity contribution < 1.29 is 4.74 Å². The van der Waals surface area contributed by atoms with Crippen LogP contribution in [0.5, 0.6) is 5.75 Å². The highest BCUT2D eigenvalue weighted by atomic mass is 16.5. The van der Waals surface area contributed by atoms with E-state index in [-0.39, 0.29) is 5.54 Å². The fourth-order valence-corrected chi connectivity index (χ4v) is 3.48. The van der Waals surface area contributed by atoms with Crippen LogP contribution < -0.4 is 10.5 Å². The SMILES string of the molecule is CCC1CCCCC1(N)c1ccc(OC)cc1C. The molecule has 2 nitrogen and oxygen atoms in total. The molecule has 1 aliphatic rings. The van der Waals surface area contributed by atoms with Gasteiger partial charge in [-0.05, 0) is 48.9 Å². The summed E-state index contributed by atoms with van der Waals surface area (Å²) in [5, 5.41) is 0. The number of ether oxygens (including phenoxy) is 1. The summed E-state index contributed by atoms with van der Waals surface area (Å²) < 4.78 is 5.28. The van der Waals surface area contributed by atoms with E-state index in [0.717, 1.165) is 12.2 Å². The molecule has 18 heavy (non-hydrogen) atoms. The van der Waals surface area contributed by atoms with Crippen LogP contribution in [0.4, 0.5) is 0 Å². The summed E-state index contributed by atoms with van der Waals surface area (Å²) in [5.41, 5.74) is 9.23. The van der Waals surface area contributed by atoms with Crippen LogP contribution in [0.25, 0.3) is 0 Å². The highest BCUT2D eigenvalue weighted by Gasteiger charge is 2.38. The maximum Gasteiger partial charge on any atom is 0.119 e. The van der Waals surface area contributed by atoms with Crippen LogP contribution in [0.2, 0.25) is 0 Å². The molecule has 1 aliphatic carbocycles. The smallest absolute Gasteiger partial charge is 0.119 e. The summed E-state index contributed by atoms with van der Waals surface area (Å²) in [5.74, 6) is 1.53. The summed E-state index contributed by atoms with van der Waals surface area (Å²) in [4.78, 5) is 0. The maximum atomic E-state index is 6.79. The monoisotopic (exact) mass is 247 g/mol. The fraction of sp³-hybridized carbons (Fsp3) is 0.625. The number of hydrogen-bond donors (Lipinski definition) is 1. The first-order chi connectivity index (χ1) is 8.61. The maximum absolute atomic E-state index is 6.79. The van der Waals surface area contributed by atoms with Crippen molar-refractivity contribution in [1.29, 1.82) is 0 Å². The number of hydrogen-bond acceptors (Lipinski definition) is 2. The van der Waals surface area contributed by atoms with Crippen molar-refractivity contribution in [2.24, 2.45) is 11.7 Å². The van der Waals surface area contributed by atoms with Gasteiger partial charge < -0.3 is 10.5 Å². The summed E-state index contributed by atoms with van der Waals surface area (Å²) >= 11 is 0. The van der Waals surface area contributed by atoms with E-state index in [2.05, 4.69) is 26.0 Å². The normalized spacial score (nSPS) is 28.1. The molecule has 100 valence electrons. The molecular formula is C16H25NO. The first-order valence-corrected chi connectivity index (χ1v) is 7.05. The van der Waals surface area contributed by atoms with Gasteiger partial charge in [-0.25, -0.2) is 0 Å². The average Bonchev–Trinajstić information content (AvgIpc) is 2.38. The highest BCUT2D eigenvalue weighted by Crippen LogP contribution is 2.42. The molecule has 2 atom stereocenters. The molecule has 0 radical (unpaired) electrons. The van der Waals surface area contributed by atoms with Gasteiger partial charge in [0.1, 0.15) is 5.75 Å². The molecule has 2 heteroatoms. The Labute approximate surface area is 111 Å². The average molecular weight is 247 g/mol. The lowest BCUT2D eigenvalue weighted by Gasteiger charge is -2.42. The Morgan fingerprint density at radius 3 is 2.78 bits per heavy atom. The summed E-state index contributed by atoms with van der Waals surface area (Å²) in [6, 6.07) is 6.31. The van der Waals surface area contributed by atoms with Crippen LogP contribution in [0.3, 0.4) is 0 Å². The molecular weight excluding hydrogens is 222 g/mol. The zero-order chi connectivity index (χ0) is 13.2. The molecule has 1 aromatic rings. The van der Waals surface area contributed by atoms with Crippen LogP contribution in [0, 0.1) is 12.8 Å². The standard InChI is InChI=1S/C16H25NO/c1-4-13-7-5-6-10-16(13,17)15-9-8-14(18-3)11-12(15)2/h8-9,11,13H,4-7,10,17H2,1-3H3. The third-order valence-electron chi connectivity index (χ3n) is 4.55. The largest absolute Gasteiger partial charge is 0.497 e. The van der Waals surface area contributed by atoms with Gasteiger partial charge in [-0.2, -0.15) is 0 Å². The van der Waals surface area contributed by atoms with Crippen molar-refractivity contribution in [2.45, 2.75) is 51.5 Å². The second kappa shape index (κ2) is 5.31. The van der Waals surface area contributed by atoms with Crippen LogP contribution in [0.1, 0.15) is 50.2 Å². The molecule has 1 fully saturated rings. The molecule has 2 N–H and O–H groups in total. The highest BCUT2D eigenvalue weighted by molar-refractivity contribution is 5.39. The number of aryl methyl sites for hydroxylation is 1. The summed E-state index contributed by atoms with van der Waals surface area (Å²) in [7, 11) is 1.71. The molecule has 0 bridgehead atoms. The quantitative estimate of drug-likeness (QED) is 0.882. The van der Waals surface area contributed by atoms with Crippen molar-refractivity contribution in [3.05, 3.63) is 29.3 Å². The van der Waals surface area contributed by atoms with Gasteiger partial charge in [0, 0.05) is 5.54 Å². The van der Waals surface area contributed by atoms with Gasteiger partial charge in [0.15, 0.2) is 0 Å². The van der Waals surface area contributed by atoms with Crippen LogP contribution in [-0.4, -0.2) is 7.11 Å². The van der Waals surface area contributed by atoms with E-state index in [0.29, 0.717) is 5.92 Å². The minimum atomic E-state index is -0.136. The van der Waals surface area contributed by atoms with Crippen molar-refractivity contribution in [1.82, 2.24) is 0 Å². The lowest BCUT2D eigenvalue weighted by atomic mass is 9.67. The number of nitrogens with two attached hydrogens (primary N) is 1. The minimum absolute atomic E-state index is 0.136. The summed E-state index contributed by atoms with van der Waals surface area (Å²) in [6.45, 7) is 4.41. The van der Waals surface area contributed by atoms with Gasteiger partial charge in [0.2, 0.25) is 0 Å². The van der Waals surface area contributed by atoms with Gasteiger partial charge in [-0.3, -0.25) is 0 Å². The molecule has 2 rings (SSSR count). The Bertz CT molecular complexity index is 416. The van der Waals surface area contributed by atoms with E-state index in [1.165, 1.54) is 36.8 Å². The summed E-state index contributed by atoms with van der Waals surface area (Å²) in [6.07, 6.45) is 6.12. The molecule has 0 aromatic heterocycles. The van der Waals surface area contributed by atoms with Crippen LogP contribution in [0.15, 0.2) is 18.2 Å². The minimum Gasteiger partial charge on any atom is -0.497 e. The zero-order valence-corrected chi connectivity index (χ0v) is 11.8. The Morgan fingerprint density at radius 1 is 1.39 bits per heavy atom. The van der Waals surface area contributed by atoms with E-state index in [1.807, 2.05) is 6.07 Å². The van der Waals surface area contributed by atoms with Crippen molar-refractivity contribution in [3.8, 4) is 5.75 Å². The third kappa shape index (κ3) is 2.26. The van der Waals surface area contributed by atoms with E-state index >= 15 is 0 Å². The predicted octanol–water partition coefficient (Wildman–Crippen LogP) is 3.76. The Kier molecular flexibility index (Phi) is 3.96. The Hall–Kier alpha value is -1.02. The zero-order valence-electron chi connectivity index (χ0n) is 11.8. The molecule has 0 spiro atoms. The van der Waals surface area contributed by atoms with Gasteiger partial charge in [-0.15, -0.1) is 0 Å². The van der Waals surface area contributed by atoms with Gasteiger partial charge in [0.05, 0.1) is 7.11 Å². The molecule has 0 heterocycles. The Balaban J connectivity index is 2.38. The lowest BCUT2D eigenvalue weighted by molar-refractivity contribution is 0.183. The van der Waals surface area contributed by atoms with Gasteiger partial charge in [-0.1, -0.05) is 32.3 Å². The van der Waals surface area contributed by atoms with Crippen molar-refractivity contribution >= 4 is 0 Å². The number of methoxy groups -OCH3 is 1. The lowest BCUT2D eigenvalue weighted by Crippen LogP contribution is -2.46. The molecule has 0 aliphatic heterocycles. The first-order valence-electron chi connectivity index (χ1n) is 7.05. The van der Waals surface area contributed by atoms with Crippen LogP contribution >= 0.6 is 0 Å². The van der Waals surface area contributed by atoms with Crippen molar-refractivity contribution in [2.75, 3.05) is 7.11 Å². The first kappa shape index (κ1) is 13.4. The molecule has 1 saturated carbocycles. The van der Waals surface area contributed by atoms with Gasteiger partial charge >= 0.3 is 0 Å². The molecule has 0 saturated heterocycles. The number of rotatable bonds is 3. The van der Waals surface area contributed by atoms with E-state index in [4.69, 9.17) is 10.5 Å². The van der Waals surface area contributed by atoms with E-state index in [1.54, 1.807) is 7.11 Å². The molecule has 2 unspecified atom stereocenters. The molecule has 0 amide bonds. The number of benzene rings is 1. The van der Waals surface area contributed by atoms with Gasteiger partial charge in [0.25, 0.3) is 0 Å². The molecule has 1 aromatic carbocycles. The topological polar surface area (TPSA) is 35.2 Å². The Morgan fingerprint density at radius 2 is 2.17 bits per heavy atom. The second-order valence-electron chi connectivity index (χ2n) is 5.57. The fourth-order valence-electron chi connectivity index (χ4n) is 3.48. The third-order valence-corrected chi connectivity index (χ3v) is 4.55. The van der Waals surface area contributed by atoms with E-state index in [9.17, 15) is 0 Å². The van der Waals surface area contributed by atoms with E-state index < -0.39 is 0 Å². The second-order valence-corrected chi connectivity index (χ2v) is 5.57.